The number of hydrogen-bond donors (Lipinski definition) is 1. The van der Waals surface area contributed by atoms with E-state index >= 15 is 0 Å². The summed E-state index contributed by atoms with van der Waals surface area (Å²) >= 11 is 0. The van der Waals surface area contributed by atoms with Gasteiger partial charge < -0.3 is 10.5 Å². The molecule has 1 saturated heterocycles. The summed E-state index contributed by atoms with van der Waals surface area (Å²) in [7, 11) is 0. The topological polar surface area (TPSA) is 35.2 Å². The maximum absolute atomic E-state index is 13.2. The Morgan fingerprint density at radius 1 is 1.33 bits per heavy atom. The van der Waals surface area contributed by atoms with Crippen LogP contribution in [0.25, 0.3) is 0 Å². The highest BCUT2D eigenvalue weighted by Gasteiger charge is 2.16. The first-order valence-electron chi connectivity index (χ1n) is 5.38. The van der Waals surface area contributed by atoms with Gasteiger partial charge in [-0.3, -0.25) is 0 Å². The smallest absolute Gasteiger partial charge is 0.146 e. The maximum atomic E-state index is 13.2. The molecule has 0 bridgehead atoms. The van der Waals surface area contributed by atoms with Crippen molar-refractivity contribution in [1.82, 2.24) is 0 Å². The standard InChI is InChI=1S/C12H16FNO/c13-11-3-1-2-10(12(11)14)8-9-4-6-15-7-5-9/h1-3,9H,4-8,14H2. The van der Waals surface area contributed by atoms with Crippen molar-refractivity contribution in [2.45, 2.75) is 19.3 Å². The number of nitrogen functional groups attached to an aromatic ring is 1. The van der Waals surface area contributed by atoms with Gasteiger partial charge in [-0.25, -0.2) is 4.39 Å². The summed E-state index contributed by atoms with van der Waals surface area (Å²) in [6, 6.07) is 5.04. The van der Waals surface area contributed by atoms with Gasteiger partial charge in [0.05, 0.1) is 5.69 Å². The van der Waals surface area contributed by atoms with Crippen molar-refractivity contribution in [3.63, 3.8) is 0 Å². The Kier molecular flexibility index (Phi) is 3.21. The molecule has 1 aliphatic rings. The average molecular weight is 209 g/mol. The summed E-state index contributed by atoms with van der Waals surface area (Å²) < 4.78 is 18.5. The van der Waals surface area contributed by atoms with Crippen LogP contribution in [0.3, 0.4) is 0 Å². The second kappa shape index (κ2) is 4.62. The highest BCUT2D eigenvalue weighted by molar-refractivity contribution is 5.48. The summed E-state index contributed by atoms with van der Waals surface area (Å²) in [5.41, 5.74) is 6.94. The van der Waals surface area contributed by atoms with Crippen molar-refractivity contribution < 1.29 is 9.13 Å². The van der Waals surface area contributed by atoms with Crippen molar-refractivity contribution in [2.24, 2.45) is 5.92 Å². The zero-order valence-corrected chi connectivity index (χ0v) is 8.71. The fourth-order valence-electron chi connectivity index (χ4n) is 2.02. The SMILES string of the molecule is Nc1c(F)cccc1CC1CCOCC1. The molecule has 2 N–H and O–H groups in total. The summed E-state index contributed by atoms with van der Waals surface area (Å²) in [5, 5.41) is 0. The van der Waals surface area contributed by atoms with E-state index in [-0.39, 0.29) is 5.82 Å². The zero-order valence-electron chi connectivity index (χ0n) is 8.71. The predicted molar refractivity (Wildman–Crippen MR) is 58.1 cm³/mol. The number of halogens is 1. The number of rotatable bonds is 2. The molecule has 2 nitrogen and oxygen atoms in total. The molecule has 82 valence electrons. The molecule has 1 fully saturated rings. The van der Waals surface area contributed by atoms with E-state index in [1.807, 2.05) is 6.07 Å². The fourth-order valence-corrected chi connectivity index (χ4v) is 2.02. The molecule has 2 rings (SSSR count). The van der Waals surface area contributed by atoms with Crippen LogP contribution in [-0.4, -0.2) is 13.2 Å². The molecule has 0 aromatic heterocycles. The highest BCUT2D eigenvalue weighted by atomic mass is 19.1. The Hall–Kier alpha value is -1.09. The summed E-state index contributed by atoms with van der Waals surface area (Å²) in [6.07, 6.45) is 2.97. The van der Waals surface area contributed by atoms with E-state index in [1.54, 1.807) is 6.07 Å². The molecule has 0 unspecified atom stereocenters. The lowest BCUT2D eigenvalue weighted by molar-refractivity contribution is 0.0665. The van der Waals surface area contributed by atoms with Crippen LogP contribution in [0.2, 0.25) is 0 Å². The third kappa shape index (κ3) is 2.48. The molecule has 0 spiro atoms. The first-order valence-corrected chi connectivity index (χ1v) is 5.38. The molecule has 0 saturated carbocycles. The Morgan fingerprint density at radius 3 is 2.80 bits per heavy atom. The van der Waals surface area contributed by atoms with Crippen LogP contribution in [0.15, 0.2) is 18.2 Å². The Morgan fingerprint density at radius 2 is 2.07 bits per heavy atom. The molecule has 0 amide bonds. The minimum absolute atomic E-state index is 0.306. The largest absolute Gasteiger partial charge is 0.396 e. The van der Waals surface area contributed by atoms with E-state index in [4.69, 9.17) is 10.5 Å². The van der Waals surface area contributed by atoms with Gasteiger partial charge in [-0.15, -0.1) is 0 Å². The van der Waals surface area contributed by atoms with Gasteiger partial charge in [0.2, 0.25) is 0 Å². The maximum Gasteiger partial charge on any atom is 0.146 e. The van der Waals surface area contributed by atoms with E-state index < -0.39 is 0 Å². The monoisotopic (exact) mass is 209 g/mol. The number of nitrogens with two attached hydrogens (primary N) is 1. The van der Waals surface area contributed by atoms with Crippen LogP contribution >= 0.6 is 0 Å². The molecule has 1 aromatic rings. The molecule has 1 aromatic carbocycles. The normalized spacial score (nSPS) is 17.9. The van der Waals surface area contributed by atoms with Gasteiger partial charge in [0.25, 0.3) is 0 Å². The lowest BCUT2D eigenvalue weighted by Gasteiger charge is -2.22. The second-order valence-electron chi connectivity index (χ2n) is 4.07. The van der Waals surface area contributed by atoms with E-state index in [0.717, 1.165) is 38.0 Å². The lowest BCUT2D eigenvalue weighted by atomic mass is 9.92. The van der Waals surface area contributed by atoms with Gasteiger partial charge >= 0.3 is 0 Å². The van der Waals surface area contributed by atoms with Crippen molar-refractivity contribution in [2.75, 3.05) is 18.9 Å². The molecule has 0 aliphatic carbocycles. The summed E-state index contributed by atoms with van der Waals surface area (Å²) in [5.74, 6) is 0.280. The van der Waals surface area contributed by atoms with Gasteiger partial charge in [-0.05, 0) is 36.8 Å². The minimum atomic E-state index is -0.306. The highest BCUT2D eigenvalue weighted by Crippen LogP contribution is 2.24. The number of hydrogen-bond acceptors (Lipinski definition) is 2. The molecule has 0 atom stereocenters. The molecule has 1 aliphatic heterocycles. The van der Waals surface area contributed by atoms with Crippen molar-refractivity contribution in [3.8, 4) is 0 Å². The van der Waals surface area contributed by atoms with Gasteiger partial charge in [0.1, 0.15) is 5.82 Å². The van der Waals surface area contributed by atoms with Crippen LogP contribution in [-0.2, 0) is 11.2 Å². The van der Waals surface area contributed by atoms with Crippen molar-refractivity contribution >= 4 is 5.69 Å². The number of para-hydroxylation sites is 1. The second-order valence-corrected chi connectivity index (χ2v) is 4.07. The van der Waals surface area contributed by atoms with E-state index in [0.29, 0.717) is 11.6 Å². The third-order valence-electron chi connectivity index (χ3n) is 2.99. The molecule has 0 radical (unpaired) electrons. The van der Waals surface area contributed by atoms with Crippen LogP contribution in [0, 0.1) is 11.7 Å². The van der Waals surface area contributed by atoms with Gasteiger partial charge in [-0.1, -0.05) is 12.1 Å². The Labute approximate surface area is 89.2 Å². The van der Waals surface area contributed by atoms with Gasteiger partial charge in [0.15, 0.2) is 0 Å². The van der Waals surface area contributed by atoms with E-state index in [1.165, 1.54) is 6.07 Å². The first-order chi connectivity index (χ1) is 7.27. The quantitative estimate of drug-likeness (QED) is 0.759. The lowest BCUT2D eigenvalue weighted by Crippen LogP contribution is -2.18. The van der Waals surface area contributed by atoms with Crippen molar-refractivity contribution in [3.05, 3.63) is 29.6 Å². The minimum Gasteiger partial charge on any atom is -0.396 e. The Balaban J connectivity index is 2.06. The van der Waals surface area contributed by atoms with Crippen LogP contribution in [0.4, 0.5) is 10.1 Å². The molecule has 3 heteroatoms. The molecule has 15 heavy (non-hydrogen) atoms. The Bertz CT molecular complexity index is 334. The van der Waals surface area contributed by atoms with E-state index in [2.05, 4.69) is 0 Å². The van der Waals surface area contributed by atoms with E-state index in [9.17, 15) is 4.39 Å². The number of benzene rings is 1. The van der Waals surface area contributed by atoms with Crippen LogP contribution < -0.4 is 5.73 Å². The third-order valence-corrected chi connectivity index (χ3v) is 2.99. The fraction of sp³-hybridized carbons (Fsp3) is 0.500. The zero-order chi connectivity index (χ0) is 10.7. The number of anilines is 1. The van der Waals surface area contributed by atoms with Crippen LogP contribution in [0.5, 0.6) is 0 Å². The van der Waals surface area contributed by atoms with Crippen molar-refractivity contribution in [1.29, 1.82) is 0 Å². The first kappa shape index (κ1) is 10.4. The summed E-state index contributed by atoms with van der Waals surface area (Å²) in [4.78, 5) is 0. The summed E-state index contributed by atoms with van der Waals surface area (Å²) in [6.45, 7) is 1.64. The van der Waals surface area contributed by atoms with Crippen LogP contribution in [0.1, 0.15) is 18.4 Å². The van der Waals surface area contributed by atoms with Gasteiger partial charge in [0, 0.05) is 13.2 Å². The molecular weight excluding hydrogens is 193 g/mol. The molecule has 1 heterocycles. The van der Waals surface area contributed by atoms with Gasteiger partial charge in [-0.2, -0.15) is 0 Å². The predicted octanol–water partition coefficient (Wildman–Crippen LogP) is 2.38. The number of ether oxygens (including phenoxy) is 1. The average Bonchev–Trinajstić information content (AvgIpc) is 2.26. The molecular formula is C12H16FNO.